The second kappa shape index (κ2) is 5.65. The minimum Gasteiger partial charge on any atom is -0.377 e. The van der Waals surface area contributed by atoms with Gasteiger partial charge in [-0.2, -0.15) is 0 Å². The fourth-order valence-electron chi connectivity index (χ4n) is 0.760. The number of nitrogens with one attached hydrogen (secondary N) is 1. The summed E-state index contributed by atoms with van der Waals surface area (Å²) < 4.78 is 0. The van der Waals surface area contributed by atoms with Crippen LogP contribution in [0.2, 0.25) is 0 Å². The largest absolute Gasteiger partial charge is 0.377 e. The molecule has 0 aromatic carbocycles. The molecule has 0 fully saturated rings. The topological polar surface area (TPSA) is 35.5 Å². The van der Waals surface area contributed by atoms with Crippen molar-refractivity contribution in [3.63, 3.8) is 0 Å². The van der Waals surface area contributed by atoms with E-state index in [1.165, 1.54) is 0 Å². The minimum atomic E-state index is -0.380. The van der Waals surface area contributed by atoms with Crippen LogP contribution >= 0.6 is 0 Å². The van der Waals surface area contributed by atoms with Crippen molar-refractivity contribution in [1.82, 2.24) is 10.4 Å². The van der Waals surface area contributed by atoms with E-state index in [1.54, 1.807) is 5.01 Å². The van der Waals surface area contributed by atoms with Crippen molar-refractivity contribution in [2.45, 2.75) is 32.4 Å². The van der Waals surface area contributed by atoms with Gasteiger partial charge >= 0.3 is 0 Å². The summed E-state index contributed by atoms with van der Waals surface area (Å²) in [6, 6.07) is 0. The van der Waals surface area contributed by atoms with Gasteiger partial charge in [-0.3, -0.25) is 0 Å². The molecule has 1 unspecified atom stereocenters. The van der Waals surface area contributed by atoms with Crippen LogP contribution in [0, 0.1) is 0 Å². The van der Waals surface area contributed by atoms with Crippen molar-refractivity contribution < 1.29 is 5.11 Å². The van der Waals surface area contributed by atoms with Crippen LogP contribution in [0.5, 0.6) is 0 Å². The second-order valence-corrected chi connectivity index (χ2v) is 2.68. The molecule has 0 amide bonds. The zero-order valence-corrected chi connectivity index (χ0v) is 7.09. The third-order valence-corrected chi connectivity index (χ3v) is 1.24. The van der Waals surface area contributed by atoms with Gasteiger partial charge in [0.2, 0.25) is 0 Å². The molecule has 2 N–H and O–H groups in total. The Bertz CT molecular complexity index is 76.0. The lowest BCUT2D eigenvalue weighted by Gasteiger charge is -2.17. The highest BCUT2D eigenvalue weighted by atomic mass is 16.3. The number of nitrogens with zero attached hydrogens (tertiary/aromatic N) is 1. The van der Waals surface area contributed by atoms with E-state index in [2.05, 4.69) is 12.3 Å². The average Bonchev–Trinajstić information content (AvgIpc) is 1.82. The monoisotopic (exact) mass is 146 g/mol. The molecular formula is C7H18N2O. The van der Waals surface area contributed by atoms with Crippen molar-refractivity contribution in [3.05, 3.63) is 0 Å². The summed E-state index contributed by atoms with van der Waals surface area (Å²) in [5.41, 5.74) is 2.87. The van der Waals surface area contributed by atoms with Crippen molar-refractivity contribution >= 4 is 0 Å². The maximum Gasteiger partial charge on any atom is 0.117 e. The molecule has 0 heterocycles. The predicted octanol–water partition coefficient (Wildman–Crippen LogP) is 0.561. The number of aliphatic hydroxyl groups excluding tert-OH is 1. The summed E-state index contributed by atoms with van der Waals surface area (Å²) in [4.78, 5) is 0. The van der Waals surface area contributed by atoms with Gasteiger partial charge in [0.25, 0.3) is 0 Å². The molecule has 1 atom stereocenters. The molecule has 0 bridgehead atoms. The lowest BCUT2D eigenvalue weighted by Crippen LogP contribution is -2.39. The molecule has 10 heavy (non-hydrogen) atoms. The quantitative estimate of drug-likeness (QED) is 0.439. The summed E-state index contributed by atoms with van der Waals surface area (Å²) in [6.07, 6.45) is 2.65. The molecule has 62 valence electrons. The first-order valence-electron chi connectivity index (χ1n) is 3.78. The Kier molecular flexibility index (Phi) is 5.58. The predicted molar refractivity (Wildman–Crippen MR) is 42.4 cm³/mol. The number of hydrogen-bond acceptors (Lipinski definition) is 3. The van der Waals surface area contributed by atoms with E-state index in [-0.39, 0.29) is 6.23 Å². The Hall–Kier alpha value is -0.120. The van der Waals surface area contributed by atoms with E-state index >= 15 is 0 Å². The van der Waals surface area contributed by atoms with E-state index < -0.39 is 0 Å². The van der Waals surface area contributed by atoms with Crippen LogP contribution in [-0.4, -0.2) is 30.4 Å². The number of hydrazine groups is 1. The lowest BCUT2D eigenvalue weighted by atomic mass is 10.2. The molecule has 0 aliphatic heterocycles. The van der Waals surface area contributed by atoms with Gasteiger partial charge in [0.1, 0.15) is 6.23 Å². The Morgan fingerprint density at radius 1 is 1.50 bits per heavy atom. The van der Waals surface area contributed by atoms with Crippen LogP contribution in [0.15, 0.2) is 0 Å². The molecule has 0 saturated carbocycles. The average molecular weight is 146 g/mol. The van der Waals surface area contributed by atoms with E-state index in [0.29, 0.717) is 0 Å². The number of aliphatic hydroxyl groups is 1. The maximum atomic E-state index is 9.20. The van der Waals surface area contributed by atoms with Gasteiger partial charge < -0.3 is 5.11 Å². The van der Waals surface area contributed by atoms with Crippen molar-refractivity contribution in [2.75, 3.05) is 14.1 Å². The zero-order valence-electron chi connectivity index (χ0n) is 7.09. The van der Waals surface area contributed by atoms with Crippen LogP contribution in [0.25, 0.3) is 0 Å². The third-order valence-electron chi connectivity index (χ3n) is 1.24. The fourth-order valence-corrected chi connectivity index (χ4v) is 0.760. The number of unbranched alkanes of at least 4 members (excludes halogenated alkanes) is 1. The fraction of sp³-hybridized carbons (Fsp3) is 1.00. The number of hydrogen-bond donors (Lipinski definition) is 2. The van der Waals surface area contributed by atoms with E-state index in [1.807, 2.05) is 14.1 Å². The van der Waals surface area contributed by atoms with Crippen molar-refractivity contribution in [2.24, 2.45) is 0 Å². The van der Waals surface area contributed by atoms with E-state index in [4.69, 9.17) is 0 Å². The minimum absolute atomic E-state index is 0.380. The number of rotatable bonds is 5. The summed E-state index contributed by atoms with van der Waals surface area (Å²) >= 11 is 0. The van der Waals surface area contributed by atoms with Gasteiger partial charge in [0.05, 0.1) is 0 Å². The molecule has 0 aromatic rings. The third kappa shape index (κ3) is 6.01. The highest BCUT2D eigenvalue weighted by Crippen LogP contribution is 1.96. The van der Waals surface area contributed by atoms with Crippen LogP contribution in [0.1, 0.15) is 26.2 Å². The maximum absolute atomic E-state index is 9.20. The molecule has 0 rings (SSSR count). The molecule has 0 spiro atoms. The van der Waals surface area contributed by atoms with Gasteiger partial charge in [-0.25, -0.2) is 10.4 Å². The molecular weight excluding hydrogens is 128 g/mol. The first-order chi connectivity index (χ1) is 4.66. The second-order valence-electron chi connectivity index (χ2n) is 2.68. The normalized spacial score (nSPS) is 14.1. The summed E-state index contributed by atoms with van der Waals surface area (Å²) in [5.74, 6) is 0. The van der Waals surface area contributed by atoms with Crippen LogP contribution in [-0.2, 0) is 0 Å². The van der Waals surface area contributed by atoms with Crippen LogP contribution in [0.4, 0.5) is 0 Å². The molecule has 3 heteroatoms. The Balaban J connectivity index is 3.16. The smallest absolute Gasteiger partial charge is 0.117 e. The first-order valence-corrected chi connectivity index (χ1v) is 3.78. The van der Waals surface area contributed by atoms with Gasteiger partial charge in [0.15, 0.2) is 0 Å². The Morgan fingerprint density at radius 3 is 2.50 bits per heavy atom. The molecule has 0 aliphatic rings. The van der Waals surface area contributed by atoms with Gasteiger partial charge in [-0.15, -0.1) is 0 Å². The SMILES string of the molecule is CCCCC(O)NN(C)C. The zero-order chi connectivity index (χ0) is 7.98. The molecule has 0 saturated heterocycles. The van der Waals surface area contributed by atoms with E-state index in [0.717, 1.165) is 19.3 Å². The van der Waals surface area contributed by atoms with E-state index in [9.17, 15) is 5.11 Å². The summed E-state index contributed by atoms with van der Waals surface area (Å²) in [7, 11) is 3.74. The van der Waals surface area contributed by atoms with Gasteiger partial charge in [-0.1, -0.05) is 13.3 Å². The Morgan fingerprint density at radius 2 is 2.10 bits per heavy atom. The molecule has 0 aliphatic carbocycles. The van der Waals surface area contributed by atoms with Crippen LogP contribution < -0.4 is 5.43 Å². The highest BCUT2D eigenvalue weighted by Gasteiger charge is 2.01. The van der Waals surface area contributed by atoms with Crippen molar-refractivity contribution in [1.29, 1.82) is 0 Å². The Labute approximate surface area is 63.0 Å². The lowest BCUT2D eigenvalue weighted by molar-refractivity contribution is 0.0553. The first kappa shape index (κ1) is 9.88. The van der Waals surface area contributed by atoms with Crippen molar-refractivity contribution in [3.8, 4) is 0 Å². The van der Waals surface area contributed by atoms with Gasteiger partial charge in [0, 0.05) is 14.1 Å². The summed E-state index contributed by atoms with van der Waals surface area (Å²) in [6.45, 7) is 2.11. The standard InChI is InChI=1S/C7H18N2O/c1-4-5-6-7(10)8-9(2)3/h7-8,10H,4-6H2,1-3H3. The summed E-state index contributed by atoms with van der Waals surface area (Å²) in [5, 5.41) is 11.0. The molecule has 3 nitrogen and oxygen atoms in total. The van der Waals surface area contributed by atoms with Crippen LogP contribution in [0.3, 0.4) is 0 Å². The molecule has 0 radical (unpaired) electrons. The highest BCUT2D eigenvalue weighted by molar-refractivity contribution is 4.47. The van der Waals surface area contributed by atoms with Gasteiger partial charge in [-0.05, 0) is 12.8 Å². The molecule has 0 aromatic heterocycles.